The second-order valence-electron chi connectivity index (χ2n) is 4.85. The van der Waals surface area contributed by atoms with Crippen LogP contribution in [0.25, 0.3) is 0 Å². The number of fused-ring (bicyclic) bond motifs is 1. The highest BCUT2D eigenvalue weighted by Crippen LogP contribution is 2.25. The summed E-state index contributed by atoms with van der Waals surface area (Å²) in [5.41, 5.74) is 2.56. The number of amides is 1. The summed E-state index contributed by atoms with van der Waals surface area (Å²) in [6.45, 7) is 2.25. The Balaban J connectivity index is 1.78. The van der Waals surface area contributed by atoms with Gasteiger partial charge in [0.15, 0.2) is 0 Å². The molecule has 2 N–H and O–H groups in total. The summed E-state index contributed by atoms with van der Waals surface area (Å²) in [6.07, 6.45) is 3.60. The largest absolute Gasteiger partial charge is 0.493 e. The quantitative estimate of drug-likeness (QED) is 0.812. The molecule has 0 aromatic heterocycles. The smallest absolute Gasteiger partial charge is 0.221 e. The van der Waals surface area contributed by atoms with Crippen LogP contribution in [0.15, 0.2) is 18.2 Å². The van der Waals surface area contributed by atoms with Gasteiger partial charge in [-0.1, -0.05) is 12.1 Å². The van der Waals surface area contributed by atoms with Crippen LogP contribution in [-0.4, -0.2) is 32.7 Å². The minimum atomic E-state index is 0.107. The molecule has 1 aromatic carbocycles. The molecule has 4 heteroatoms. The summed E-state index contributed by atoms with van der Waals surface area (Å²) in [4.78, 5) is 11.5. The van der Waals surface area contributed by atoms with Gasteiger partial charge in [0.2, 0.25) is 5.91 Å². The fourth-order valence-corrected chi connectivity index (χ4v) is 2.24. The monoisotopic (exact) mass is 262 g/mol. The highest BCUT2D eigenvalue weighted by molar-refractivity contribution is 5.76. The van der Waals surface area contributed by atoms with E-state index in [1.165, 1.54) is 11.1 Å². The van der Waals surface area contributed by atoms with Crippen LogP contribution in [0.4, 0.5) is 0 Å². The molecule has 1 heterocycles. The molecule has 2 rings (SSSR count). The third-order valence-electron chi connectivity index (χ3n) is 3.31. The Morgan fingerprint density at radius 1 is 1.37 bits per heavy atom. The summed E-state index contributed by atoms with van der Waals surface area (Å²) < 4.78 is 5.59. The maximum absolute atomic E-state index is 11.5. The number of ether oxygens (including phenoxy) is 1. The van der Waals surface area contributed by atoms with E-state index >= 15 is 0 Å². The van der Waals surface area contributed by atoms with Crippen molar-refractivity contribution in [3.63, 3.8) is 0 Å². The zero-order chi connectivity index (χ0) is 13.5. The Hall–Kier alpha value is -1.55. The van der Waals surface area contributed by atoms with Crippen molar-refractivity contribution in [3.05, 3.63) is 29.3 Å². The first-order chi connectivity index (χ1) is 9.29. The molecule has 0 radical (unpaired) electrons. The standard InChI is InChI=1S/C15H22N2O2/c1-16-8-7-15(18)17-9-6-12-4-5-14-13(11-12)3-2-10-19-14/h4-5,11,16H,2-3,6-10H2,1H3,(H,17,18). The summed E-state index contributed by atoms with van der Waals surface area (Å²) in [5, 5.41) is 5.90. The first-order valence-electron chi connectivity index (χ1n) is 6.95. The molecule has 0 saturated heterocycles. The van der Waals surface area contributed by atoms with Crippen molar-refractivity contribution in [1.82, 2.24) is 10.6 Å². The van der Waals surface area contributed by atoms with Gasteiger partial charge in [0.05, 0.1) is 6.61 Å². The molecule has 104 valence electrons. The molecule has 0 bridgehead atoms. The number of hydrogen-bond donors (Lipinski definition) is 2. The maximum Gasteiger partial charge on any atom is 0.221 e. The molecular formula is C15H22N2O2. The van der Waals surface area contributed by atoms with Gasteiger partial charge in [0.25, 0.3) is 0 Å². The van der Waals surface area contributed by atoms with E-state index in [4.69, 9.17) is 4.74 Å². The predicted octanol–water partition coefficient (Wildman–Crippen LogP) is 1.28. The Kier molecular flexibility index (Phi) is 5.21. The number of rotatable bonds is 6. The first kappa shape index (κ1) is 13.9. The molecule has 4 nitrogen and oxygen atoms in total. The molecule has 19 heavy (non-hydrogen) atoms. The summed E-state index contributed by atoms with van der Waals surface area (Å²) in [5.74, 6) is 1.13. The van der Waals surface area contributed by atoms with E-state index in [-0.39, 0.29) is 5.91 Å². The SMILES string of the molecule is CNCCC(=O)NCCc1ccc2c(c1)CCCO2. The van der Waals surface area contributed by atoms with Gasteiger partial charge < -0.3 is 15.4 Å². The predicted molar refractivity (Wildman–Crippen MR) is 75.5 cm³/mol. The van der Waals surface area contributed by atoms with E-state index in [0.717, 1.165) is 38.2 Å². The highest BCUT2D eigenvalue weighted by Gasteiger charge is 2.10. The van der Waals surface area contributed by atoms with E-state index in [1.807, 2.05) is 13.1 Å². The van der Waals surface area contributed by atoms with Crippen LogP contribution < -0.4 is 15.4 Å². The minimum Gasteiger partial charge on any atom is -0.493 e. The highest BCUT2D eigenvalue weighted by atomic mass is 16.5. The fraction of sp³-hybridized carbons (Fsp3) is 0.533. The van der Waals surface area contributed by atoms with Gasteiger partial charge in [-0.2, -0.15) is 0 Å². The normalized spacial score (nSPS) is 13.5. The lowest BCUT2D eigenvalue weighted by molar-refractivity contribution is -0.120. The van der Waals surface area contributed by atoms with Gasteiger partial charge >= 0.3 is 0 Å². The van der Waals surface area contributed by atoms with E-state index in [0.29, 0.717) is 13.0 Å². The van der Waals surface area contributed by atoms with Crippen molar-refractivity contribution in [2.24, 2.45) is 0 Å². The average Bonchev–Trinajstić information content (AvgIpc) is 2.45. The molecule has 0 saturated carbocycles. The Bertz CT molecular complexity index is 432. The molecular weight excluding hydrogens is 240 g/mol. The van der Waals surface area contributed by atoms with Gasteiger partial charge in [-0.25, -0.2) is 0 Å². The molecule has 0 spiro atoms. The van der Waals surface area contributed by atoms with Crippen molar-refractivity contribution in [2.45, 2.75) is 25.7 Å². The third-order valence-corrected chi connectivity index (χ3v) is 3.31. The van der Waals surface area contributed by atoms with Crippen LogP contribution in [0.5, 0.6) is 5.75 Å². The number of carbonyl (C=O) groups is 1. The lowest BCUT2D eigenvalue weighted by Gasteiger charge is -2.17. The molecule has 1 aromatic rings. The average molecular weight is 262 g/mol. The molecule has 1 aliphatic rings. The molecule has 0 fully saturated rings. The van der Waals surface area contributed by atoms with Crippen LogP contribution >= 0.6 is 0 Å². The van der Waals surface area contributed by atoms with Crippen LogP contribution in [-0.2, 0) is 17.6 Å². The van der Waals surface area contributed by atoms with Crippen LogP contribution in [0.2, 0.25) is 0 Å². The van der Waals surface area contributed by atoms with Gasteiger partial charge in [-0.05, 0) is 43.5 Å². The molecule has 0 aliphatic carbocycles. The van der Waals surface area contributed by atoms with Crippen molar-refractivity contribution >= 4 is 5.91 Å². The van der Waals surface area contributed by atoms with Gasteiger partial charge in [0.1, 0.15) is 5.75 Å². The van der Waals surface area contributed by atoms with Crippen molar-refractivity contribution in [2.75, 3.05) is 26.7 Å². The Morgan fingerprint density at radius 2 is 2.26 bits per heavy atom. The molecule has 1 aliphatic heterocycles. The summed E-state index contributed by atoms with van der Waals surface area (Å²) in [6, 6.07) is 6.34. The topological polar surface area (TPSA) is 50.4 Å². The van der Waals surface area contributed by atoms with Crippen molar-refractivity contribution in [1.29, 1.82) is 0 Å². The number of aryl methyl sites for hydroxylation is 1. The van der Waals surface area contributed by atoms with Gasteiger partial charge in [-0.15, -0.1) is 0 Å². The summed E-state index contributed by atoms with van der Waals surface area (Å²) in [7, 11) is 1.85. The van der Waals surface area contributed by atoms with E-state index < -0.39 is 0 Å². The second kappa shape index (κ2) is 7.14. The zero-order valence-electron chi connectivity index (χ0n) is 11.5. The van der Waals surface area contributed by atoms with Crippen molar-refractivity contribution in [3.8, 4) is 5.75 Å². The van der Waals surface area contributed by atoms with Gasteiger partial charge in [-0.3, -0.25) is 4.79 Å². The lowest BCUT2D eigenvalue weighted by Crippen LogP contribution is -2.28. The first-order valence-corrected chi connectivity index (χ1v) is 6.95. The van der Waals surface area contributed by atoms with Crippen LogP contribution in [0.1, 0.15) is 24.0 Å². The number of benzene rings is 1. The Morgan fingerprint density at radius 3 is 3.11 bits per heavy atom. The third kappa shape index (κ3) is 4.24. The Labute approximate surface area is 114 Å². The zero-order valence-corrected chi connectivity index (χ0v) is 11.5. The van der Waals surface area contributed by atoms with Crippen LogP contribution in [0.3, 0.4) is 0 Å². The van der Waals surface area contributed by atoms with E-state index in [1.54, 1.807) is 0 Å². The maximum atomic E-state index is 11.5. The molecule has 0 atom stereocenters. The molecule has 1 amide bonds. The van der Waals surface area contributed by atoms with Gasteiger partial charge in [0, 0.05) is 19.5 Å². The van der Waals surface area contributed by atoms with E-state index in [2.05, 4.69) is 22.8 Å². The second-order valence-corrected chi connectivity index (χ2v) is 4.85. The number of hydrogen-bond acceptors (Lipinski definition) is 3. The summed E-state index contributed by atoms with van der Waals surface area (Å²) >= 11 is 0. The van der Waals surface area contributed by atoms with Crippen LogP contribution in [0, 0.1) is 0 Å². The number of carbonyl (C=O) groups excluding carboxylic acids is 1. The minimum absolute atomic E-state index is 0.107. The van der Waals surface area contributed by atoms with E-state index in [9.17, 15) is 4.79 Å². The molecule has 0 unspecified atom stereocenters. The van der Waals surface area contributed by atoms with Crippen molar-refractivity contribution < 1.29 is 9.53 Å². The number of nitrogens with one attached hydrogen (secondary N) is 2. The lowest BCUT2D eigenvalue weighted by atomic mass is 10.0. The fourth-order valence-electron chi connectivity index (χ4n) is 2.24.